The molecule has 0 fully saturated rings. The van der Waals surface area contributed by atoms with E-state index in [-0.39, 0.29) is 6.54 Å². The standard InChI is InChI=1S/C10H10F5NO/c11-9(12,13)10(14,15)17-8-3-1-2-7(6-8)4-5-16/h1-3,6H,4-5,16H2. The van der Waals surface area contributed by atoms with Gasteiger partial charge in [-0.15, -0.1) is 0 Å². The minimum Gasteiger partial charge on any atom is -0.426 e. The molecule has 2 N–H and O–H groups in total. The lowest BCUT2D eigenvalue weighted by Crippen LogP contribution is -2.41. The molecule has 0 aliphatic heterocycles. The molecule has 1 aromatic rings. The van der Waals surface area contributed by atoms with Crippen molar-refractivity contribution < 1.29 is 26.7 Å². The molecule has 0 spiro atoms. The zero-order valence-corrected chi connectivity index (χ0v) is 8.60. The summed E-state index contributed by atoms with van der Waals surface area (Å²) in [5.74, 6) is -0.543. The summed E-state index contributed by atoms with van der Waals surface area (Å²) in [5, 5.41) is 0. The predicted molar refractivity (Wildman–Crippen MR) is 50.8 cm³/mol. The number of benzene rings is 1. The molecule has 0 aromatic heterocycles. The second kappa shape index (κ2) is 4.87. The molecule has 0 radical (unpaired) electrons. The highest BCUT2D eigenvalue weighted by Gasteiger charge is 2.61. The fraction of sp³-hybridized carbons (Fsp3) is 0.400. The first-order valence-electron chi connectivity index (χ1n) is 4.69. The van der Waals surface area contributed by atoms with E-state index in [0.29, 0.717) is 12.0 Å². The molecule has 0 amide bonds. The van der Waals surface area contributed by atoms with E-state index < -0.39 is 18.0 Å². The Morgan fingerprint density at radius 3 is 2.29 bits per heavy atom. The summed E-state index contributed by atoms with van der Waals surface area (Å²) in [5.41, 5.74) is 5.77. The molecule has 0 bridgehead atoms. The summed E-state index contributed by atoms with van der Waals surface area (Å²) >= 11 is 0. The Morgan fingerprint density at radius 1 is 1.12 bits per heavy atom. The summed E-state index contributed by atoms with van der Waals surface area (Å²) in [6.45, 7) is 0.263. The first-order valence-corrected chi connectivity index (χ1v) is 4.69. The zero-order valence-electron chi connectivity index (χ0n) is 8.60. The van der Waals surface area contributed by atoms with Crippen molar-refractivity contribution in [3.8, 4) is 5.75 Å². The Balaban J connectivity index is 2.84. The second-order valence-electron chi connectivity index (χ2n) is 3.30. The van der Waals surface area contributed by atoms with E-state index in [2.05, 4.69) is 4.74 Å². The highest BCUT2D eigenvalue weighted by molar-refractivity contribution is 5.29. The van der Waals surface area contributed by atoms with Gasteiger partial charge in [0, 0.05) is 0 Å². The van der Waals surface area contributed by atoms with Crippen molar-refractivity contribution in [2.75, 3.05) is 6.54 Å². The molecule has 0 atom stereocenters. The molecule has 0 aliphatic carbocycles. The van der Waals surface area contributed by atoms with Gasteiger partial charge in [-0.05, 0) is 30.7 Å². The van der Waals surface area contributed by atoms with Crippen molar-refractivity contribution in [1.82, 2.24) is 0 Å². The van der Waals surface area contributed by atoms with E-state index in [1.807, 2.05) is 0 Å². The van der Waals surface area contributed by atoms with Crippen LogP contribution < -0.4 is 10.5 Å². The van der Waals surface area contributed by atoms with Gasteiger partial charge in [0.05, 0.1) is 0 Å². The van der Waals surface area contributed by atoms with Gasteiger partial charge in [0.15, 0.2) is 0 Å². The molecule has 0 saturated heterocycles. The van der Waals surface area contributed by atoms with E-state index in [9.17, 15) is 22.0 Å². The molecule has 96 valence electrons. The normalized spacial score (nSPS) is 12.6. The summed E-state index contributed by atoms with van der Waals surface area (Å²) in [6.07, 6.45) is -10.6. The first-order chi connectivity index (χ1) is 7.76. The fourth-order valence-corrected chi connectivity index (χ4v) is 1.14. The van der Waals surface area contributed by atoms with Crippen LogP contribution >= 0.6 is 0 Å². The van der Waals surface area contributed by atoms with Gasteiger partial charge in [-0.3, -0.25) is 0 Å². The van der Waals surface area contributed by atoms with Gasteiger partial charge in [0.2, 0.25) is 0 Å². The molecule has 7 heteroatoms. The van der Waals surface area contributed by atoms with Crippen LogP contribution in [0.4, 0.5) is 22.0 Å². The first kappa shape index (κ1) is 13.7. The monoisotopic (exact) mass is 255 g/mol. The van der Waals surface area contributed by atoms with Gasteiger partial charge < -0.3 is 10.5 Å². The van der Waals surface area contributed by atoms with Crippen molar-refractivity contribution in [3.05, 3.63) is 29.8 Å². The largest absolute Gasteiger partial charge is 0.499 e. The maximum atomic E-state index is 12.6. The Hall–Kier alpha value is -1.37. The SMILES string of the molecule is NCCc1cccc(OC(F)(F)C(F)(F)F)c1. The lowest BCUT2D eigenvalue weighted by molar-refractivity contribution is -0.360. The lowest BCUT2D eigenvalue weighted by Gasteiger charge is -2.20. The van der Waals surface area contributed by atoms with Gasteiger partial charge in [-0.1, -0.05) is 12.1 Å². The third-order valence-electron chi connectivity index (χ3n) is 1.91. The van der Waals surface area contributed by atoms with Crippen LogP contribution in [0, 0.1) is 0 Å². The van der Waals surface area contributed by atoms with E-state index in [4.69, 9.17) is 5.73 Å². The number of hydrogen-bond acceptors (Lipinski definition) is 2. The Bertz CT molecular complexity index is 377. The van der Waals surface area contributed by atoms with Crippen LogP contribution in [0.1, 0.15) is 5.56 Å². The highest BCUT2D eigenvalue weighted by atomic mass is 19.4. The lowest BCUT2D eigenvalue weighted by atomic mass is 10.1. The number of hydrogen-bond donors (Lipinski definition) is 1. The van der Waals surface area contributed by atoms with E-state index in [1.54, 1.807) is 6.07 Å². The number of rotatable bonds is 4. The molecule has 0 heterocycles. The van der Waals surface area contributed by atoms with Crippen molar-refractivity contribution in [2.45, 2.75) is 18.7 Å². The predicted octanol–water partition coefficient (Wildman–Crippen LogP) is 2.72. The molecular weight excluding hydrogens is 245 g/mol. The molecule has 0 saturated carbocycles. The highest BCUT2D eigenvalue weighted by Crippen LogP contribution is 2.37. The van der Waals surface area contributed by atoms with Gasteiger partial charge >= 0.3 is 12.3 Å². The second-order valence-corrected chi connectivity index (χ2v) is 3.30. The van der Waals surface area contributed by atoms with E-state index >= 15 is 0 Å². The van der Waals surface area contributed by atoms with Crippen molar-refractivity contribution in [2.24, 2.45) is 5.73 Å². The number of ether oxygens (including phenoxy) is 1. The molecular formula is C10H10F5NO. The molecule has 1 rings (SSSR count). The molecule has 1 aromatic carbocycles. The van der Waals surface area contributed by atoms with E-state index in [0.717, 1.165) is 12.1 Å². The summed E-state index contributed by atoms with van der Waals surface area (Å²) in [7, 11) is 0. The van der Waals surface area contributed by atoms with Gasteiger partial charge in [-0.2, -0.15) is 22.0 Å². The van der Waals surface area contributed by atoms with Crippen LogP contribution in [0.15, 0.2) is 24.3 Å². The Kier molecular flexibility index (Phi) is 3.92. The summed E-state index contributed by atoms with van der Waals surface area (Å²) in [4.78, 5) is 0. The zero-order chi connectivity index (χ0) is 13.1. The number of nitrogens with two attached hydrogens (primary N) is 1. The average Bonchev–Trinajstić information content (AvgIpc) is 2.16. The third kappa shape index (κ3) is 3.55. The molecule has 2 nitrogen and oxygen atoms in total. The Labute approximate surface area is 94.2 Å². The maximum absolute atomic E-state index is 12.6. The number of halogens is 5. The van der Waals surface area contributed by atoms with Gasteiger partial charge in [0.1, 0.15) is 5.75 Å². The van der Waals surface area contributed by atoms with Gasteiger partial charge in [0.25, 0.3) is 0 Å². The molecule has 0 unspecified atom stereocenters. The van der Waals surface area contributed by atoms with Crippen LogP contribution in [0.2, 0.25) is 0 Å². The average molecular weight is 255 g/mol. The quantitative estimate of drug-likeness (QED) is 0.839. The minimum atomic E-state index is -5.74. The van der Waals surface area contributed by atoms with Crippen molar-refractivity contribution >= 4 is 0 Å². The smallest absolute Gasteiger partial charge is 0.426 e. The van der Waals surface area contributed by atoms with Crippen molar-refractivity contribution in [3.63, 3.8) is 0 Å². The topological polar surface area (TPSA) is 35.2 Å². The van der Waals surface area contributed by atoms with E-state index in [1.165, 1.54) is 6.07 Å². The van der Waals surface area contributed by atoms with Gasteiger partial charge in [-0.25, -0.2) is 0 Å². The fourth-order valence-electron chi connectivity index (χ4n) is 1.14. The molecule has 17 heavy (non-hydrogen) atoms. The summed E-state index contributed by atoms with van der Waals surface area (Å²) in [6, 6.07) is 5.02. The summed E-state index contributed by atoms with van der Waals surface area (Å²) < 4.78 is 64.4. The Morgan fingerprint density at radius 2 is 1.76 bits per heavy atom. The van der Waals surface area contributed by atoms with Crippen LogP contribution in [0.5, 0.6) is 5.75 Å². The van der Waals surface area contributed by atoms with Crippen LogP contribution in [-0.4, -0.2) is 18.8 Å². The van der Waals surface area contributed by atoms with Crippen molar-refractivity contribution in [1.29, 1.82) is 0 Å². The van der Waals surface area contributed by atoms with Crippen LogP contribution in [0.3, 0.4) is 0 Å². The molecule has 0 aliphatic rings. The third-order valence-corrected chi connectivity index (χ3v) is 1.91. The maximum Gasteiger partial charge on any atom is 0.499 e. The minimum absolute atomic E-state index is 0.263. The van der Waals surface area contributed by atoms with Crippen LogP contribution in [-0.2, 0) is 6.42 Å². The number of alkyl halides is 5. The van der Waals surface area contributed by atoms with Crippen LogP contribution in [0.25, 0.3) is 0 Å².